The van der Waals surface area contributed by atoms with E-state index in [4.69, 9.17) is 0 Å². The van der Waals surface area contributed by atoms with Gasteiger partial charge in [-0.25, -0.2) is 4.39 Å². The van der Waals surface area contributed by atoms with Gasteiger partial charge in [0, 0.05) is 22.7 Å². The van der Waals surface area contributed by atoms with Gasteiger partial charge in [-0.1, -0.05) is 0 Å². The summed E-state index contributed by atoms with van der Waals surface area (Å²) in [5, 5.41) is 2.80. The molecule has 0 bridgehead atoms. The lowest BCUT2D eigenvalue weighted by molar-refractivity contribution is 0.102. The van der Waals surface area contributed by atoms with Gasteiger partial charge in [0.1, 0.15) is 5.82 Å². The topological polar surface area (TPSA) is 42.0 Å². The molecule has 2 aromatic rings. The van der Waals surface area contributed by atoms with Crippen molar-refractivity contribution in [2.45, 2.75) is 23.7 Å². The van der Waals surface area contributed by atoms with Gasteiger partial charge in [-0.3, -0.25) is 9.78 Å². The molecule has 5 heteroatoms. The number of hydrogen-bond acceptors (Lipinski definition) is 3. The normalized spacial score (nSPS) is 14.0. The van der Waals surface area contributed by atoms with Gasteiger partial charge in [0.15, 0.2) is 0 Å². The zero-order chi connectivity index (χ0) is 14.8. The highest BCUT2D eigenvalue weighted by molar-refractivity contribution is 7.98. The van der Waals surface area contributed by atoms with Crippen LogP contribution in [0.5, 0.6) is 0 Å². The number of thioether (sulfide) groups is 1. The molecule has 0 aliphatic heterocycles. The van der Waals surface area contributed by atoms with Crippen LogP contribution in [0.1, 0.15) is 34.8 Å². The summed E-state index contributed by atoms with van der Waals surface area (Å²) in [6, 6.07) is 8.02. The number of anilines is 1. The molecule has 1 aromatic carbocycles. The zero-order valence-corrected chi connectivity index (χ0v) is 12.4. The van der Waals surface area contributed by atoms with Crippen molar-refractivity contribution >= 4 is 23.4 Å². The van der Waals surface area contributed by atoms with Crippen molar-refractivity contribution in [1.82, 2.24) is 4.98 Å². The molecule has 0 saturated heterocycles. The van der Waals surface area contributed by atoms with E-state index in [1.807, 2.05) is 12.3 Å². The molecule has 108 valence electrons. The third kappa shape index (κ3) is 3.24. The fourth-order valence-electron chi connectivity index (χ4n) is 2.12. The van der Waals surface area contributed by atoms with Crippen molar-refractivity contribution in [3.63, 3.8) is 0 Å². The first kappa shape index (κ1) is 14.1. The summed E-state index contributed by atoms with van der Waals surface area (Å²) in [6.07, 6.45) is 5.82. The highest BCUT2D eigenvalue weighted by Crippen LogP contribution is 2.38. The fourth-order valence-corrected chi connectivity index (χ4v) is 2.69. The number of rotatable bonds is 4. The molecule has 1 aromatic heterocycles. The maximum atomic E-state index is 13.2. The number of nitrogens with zero attached hydrogens (tertiary/aromatic N) is 1. The molecule has 3 nitrogen and oxygen atoms in total. The van der Waals surface area contributed by atoms with Crippen LogP contribution in [0.2, 0.25) is 0 Å². The summed E-state index contributed by atoms with van der Waals surface area (Å²) in [7, 11) is 0. The molecule has 0 radical (unpaired) electrons. The lowest BCUT2D eigenvalue weighted by Gasteiger charge is -2.09. The van der Waals surface area contributed by atoms with Gasteiger partial charge >= 0.3 is 0 Å². The van der Waals surface area contributed by atoms with E-state index in [2.05, 4.69) is 10.3 Å². The average Bonchev–Trinajstić information content (AvgIpc) is 3.34. The first-order chi connectivity index (χ1) is 10.2. The summed E-state index contributed by atoms with van der Waals surface area (Å²) in [5.41, 5.74) is 2.18. The molecule has 1 saturated carbocycles. The highest BCUT2D eigenvalue weighted by Gasteiger charge is 2.24. The molecular weight excluding hydrogens is 287 g/mol. The van der Waals surface area contributed by atoms with Crippen LogP contribution in [0.15, 0.2) is 41.4 Å². The van der Waals surface area contributed by atoms with Crippen LogP contribution >= 0.6 is 11.8 Å². The van der Waals surface area contributed by atoms with Gasteiger partial charge in [0.25, 0.3) is 5.91 Å². The largest absolute Gasteiger partial charge is 0.321 e. The number of hydrogen-bond donors (Lipinski definition) is 1. The van der Waals surface area contributed by atoms with E-state index in [1.165, 1.54) is 36.7 Å². The number of nitrogens with one attached hydrogen (secondary N) is 1. The van der Waals surface area contributed by atoms with Crippen LogP contribution in [-0.2, 0) is 0 Å². The van der Waals surface area contributed by atoms with Crippen LogP contribution in [0.4, 0.5) is 10.1 Å². The molecule has 1 fully saturated rings. The predicted molar refractivity (Wildman–Crippen MR) is 82.3 cm³/mol. The Bertz CT molecular complexity index is 668. The number of aromatic nitrogens is 1. The first-order valence-electron chi connectivity index (χ1n) is 6.78. The van der Waals surface area contributed by atoms with Crippen molar-refractivity contribution in [3.05, 3.63) is 53.6 Å². The van der Waals surface area contributed by atoms with E-state index in [-0.39, 0.29) is 11.7 Å². The van der Waals surface area contributed by atoms with Gasteiger partial charge in [0.2, 0.25) is 0 Å². The minimum Gasteiger partial charge on any atom is -0.321 e. The summed E-state index contributed by atoms with van der Waals surface area (Å²) in [4.78, 5) is 17.2. The van der Waals surface area contributed by atoms with E-state index >= 15 is 0 Å². The molecule has 0 atom stereocenters. The molecule has 0 spiro atoms. The second-order valence-corrected chi connectivity index (χ2v) is 5.89. The monoisotopic (exact) mass is 302 g/mol. The van der Waals surface area contributed by atoms with Gasteiger partial charge in [-0.15, -0.1) is 11.8 Å². The Morgan fingerprint density at radius 2 is 2.14 bits per heavy atom. The number of benzene rings is 1. The molecule has 1 aliphatic rings. The second kappa shape index (κ2) is 5.85. The van der Waals surface area contributed by atoms with Gasteiger partial charge in [-0.05, 0) is 49.4 Å². The average molecular weight is 302 g/mol. The number of amides is 1. The Labute approximate surface area is 127 Å². The Kier molecular flexibility index (Phi) is 3.92. The molecule has 0 unspecified atom stereocenters. The van der Waals surface area contributed by atoms with E-state index in [1.54, 1.807) is 18.3 Å². The molecule has 21 heavy (non-hydrogen) atoms. The van der Waals surface area contributed by atoms with Crippen LogP contribution in [-0.4, -0.2) is 17.1 Å². The summed E-state index contributed by atoms with van der Waals surface area (Å²) in [5.74, 6) is 0.0295. The molecule has 1 aliphatic carbocycles. The zero-order valence-electron chi connectivity index (χ0n) is 11.6. The van der Waals surface area contributed by atoms with Crippen molar-refractivity contribution < 1.29 is 9.18 Å². The highest BCUT2D eigenvalue weighted by atomic mass is 32.2. The minimum absolute atomic E-state index is 0.230. The minimum atomic E-state index is -0.312. The summed E-state index contributed by atoms with van der Waals surface area (Å²) >= 11 is 1.39. The molecule has 3 rings (SSSR count). The van der Waals surface area contributed by atoms with Crippen LogP contribution < -0.4 is 5.32 Å². The van der Waals surface area contributed by atoms with Gasteiger partial charge in [0.05, 0.1) is 11.3 Å². The third-order valence-corrected chi connectivity index (χ3v) is 4.23. The van der Waals surface area contributed by atoms with Crippen molar-refractivity contribution in [2.24, 2.45) is 0 Å². The number of pyridine rings is 1. The molecule has 1 heterocycles. The lowest BCUT2D eigenvalue weighted by Crippen LogP contribution is -2.13. The van der Waals surface area contributed by atoms with E-state index in [0.717, 1.165) is 5.69 Å². The van der Waals surface area contributed by atoms with Crippen LogP contribution in [0.25, 0.3) is 0 Å². The van der Waals surface area contributed by atoms with E-state index in [0.29, 0.717) is 22.1 Å². The van der Waals surface area contributed by atoms with Gasteiger partial charge < -0.3 is 5.32 Å². The Morgan fingerprint density at radius 1 is 1.33 bits per heavy atom. The standard InChI is InChI=1S/C16H15FN2OS/c1-21-15-8-12(17)5-7-14(15)19-16(20)11-4-6-13(18-9-11)10-2-3-10/h4-10H,2-3H2,1H3,(H,19,20). The predicted octanol–water partition coefficient (Wildman–Crippen LogP) is 4.07. The number of halogens is 1. The van der Waals surface area contributed by atoms with Crippen LogP contribution in [0, 0.1) is 5.82 Å². The lowest BCUT2D eigenvalue weighted by atomic mass is 10.2. The van der Waals surface area contributed by atoms with Crippen LogP contribution in [0.3, 0.4) is 0 Å². The third-order valence-electron chi connectivity index (χ3n) is 3.46. The number of carbonyl (C=O) groups is 1. The Balaban J connectivity index is 1.76. The fraction of sp³-hybridized carbons (Fsp3) is 0.250. The second-order valence-electron chi connectivity index (χ2n) is 5.04. The first-order valence-corrected chi connectivity index (χ1v) is 8.00. The van der Waals surface area contributed by atoms with E-state index < -0.39 is 0 Å². The van der Waals surface area contributed by atoms with Crippen molar-refractivity contribution in [1.29, 1.82) is 0 Å². The maximum absolute atomic E-state index is 13.2. The quantitative estimate of drug-likeness (QED) is 0.866. The summed E-state index contributed by atoms with van der Waals surface area (Å²) in [6.45, 7) is 0. The Morgan fingerprint density at radius 3 is 2.76 bits per heavy atom. The molecular formula is C16H15FN2OS. The van der Waals surface area contributed by atoms with Gasteiger partial charge in [-0.2, -0.15) is 0 Å². The van der Waals surface area contributed by atoms with Crippen molar-refractivity contribution in [3.8, 4) is 0 Å². The van der Waals surface area contributed by atoms with Crippen molar-refractivity contribution in [2.75, 3.05) is 11.6 Å². The number of carbonyl (C=O) groups excluding carboxylic acids is 1. The molecule has 1 N–H and O–H groups in total. The Hall–Kier alpha value is -1.88. The smallest absolute Gasteiger partial charge is 0.257 e. The molecule has 1 amide bonds. The SMILES string of the molecule is CSc1cc(F)ccc1NC(=O)c1ccc(C2CC2)nc1. The summed E-state index contributed by atoms with van der Waals surface area (Å²) < 4.78 is 13.2. The maximum Gasteiger partial charge on any atom is 0.257 e. The van der Waals surface area contributed by atoms with E-state index in [9.17, 15) is 9.18 Å².